The highest BCUT2D eigenvalue weighted by atomic mass is 35.5. The number of rotatable bonds is 8. The molecule has 94 valence electrons. The van der Waals surface area contributed by atoms with Gasteiger partial charge in [-0.15, -0.1) is 11.6 Å². The number of alkyl halides is 1. The summed E-state index contributed by atoms with van der Waals surface area (Å²) in [5.74, 6) is 2.02. The van der Waals surface area contributed by atoms with E-state index >= 15 is 0 Å². The van der Waals surface area contributed by atoms with Crippen LogP contribution in [0.5, 0.6) is 0 Å². The van der Waals surface area contributed by atoms with Crippen LogP contribution in [0, 0.1) is 11.8 Å². The summed E-state index contributed by atoms with van der Waals surface area (Å²) >= 11 is 5.54. The summed E-state index contributed by atoms with van der Waals surface area (Å²) in [6.45, 7) is 0. The lowest BCUT2D eigenvalue weighted by atomic mass is 10.1. The molecule has 0 radical (unpaired) electrons. The van der Waals surface area contributed by atoms with Gasteiger partial charge in [-0.2, -0.15) is 0 Å². The summed E-state index contributed by atoms with van der Waals surface area (Å²) in [6.07, 6.45) is 6.24. The van der Waals surface area contributed by atoms with Crippen molar-refractivity contribution in [2.24, 2.45) is 11.8 Å². The van der Waals surface area contributed by atoms with Crippen molar-refractivity contribution in [3.05, 3.63) is 0 Å². The molecular formula is C11H20ClNO2S. The fourth-order valence-electron chi connectivity index (χ4n) is 2.14. The maximum Gasteiger partial charge on any atom is 0.211 e. The summed E-state index contributed by atoms with van der Waals surface area (Å²) in [6, 6.07) is 0.237. The Labute approximate surface area is 103 Å². The number of unbranched alkanes of at least 4 members (excludes halogenated alkanes) is 1. The minimum Gasteiger partial charge on any atom is -0.212 e. The second kappa shape index (κ2) is 5.23. The van der Waals surface area contributed by atoms with Crippen LogP contribution in [0.3, 0.4) is 0 Å². The molecule has 2 fully saturated rings. The van der Waals surface area contributed by atoms with E-state index in [1.165, 1.54) is 25.7 Å². The van der Waals surface area contributed by atoms with Crippen molar-refractivity contribution in [3.8, 4) is 0 Å². The van der Waals surface area contributed by atoms with E-state index in [0.717, 1.165) is 6.42 Å². The fourth-order valence-corrected chi connectivity index (χ4v) is 3.83. The average Bonchev–Trinajstić information content (AvgIpc) is 3.07. The van der Waals surface area contributed by atoms with Gasteiger partial charge in [-0.25, -0.2) is 13.1 Å². The zero-order valence-electron chi connectivity index (χ0n) is 9.49. The molecule has 0 atom stereocenters. The van der Waals surface area contributed by atoms with Gasteiger partial charge in [-0.1, -0.05) is 0 Å². The quantitative estimate of drug-likeness (QED) is 0.540. The number of hydrogen-bond donors (Lipinski definition) is 1. The third kappa shape index (κ3) is 3.90. The Morgan fingerprint density at radius 2 is 1.69 bits per heavy atom. The van der Waals surface area contributed by atoms with E-state index in [1.807, 2.05) is 0 Å². The van der Waals surface area contributed by atoms with Crippen molar-refractivity contribution >= 4 is 21.6 Å². The molecule has 2 saturated carbocycles. The van der Waals surface area contributed by atoms with Crippen LogP contribution in [0.4, 0.5) is 0 Å². The van der Waals surface area contributed by atoms with Crippen LogP contribution in [0.1, 0.15) is 38.5 Å². The predicted octanol–water partition coefficient (Wildman–Crippen LogP) is 2.11. The van der Waals surface area contributed by atoms with Crippen molar-refractivity contribution in [2.45, 2.75) is 44.6 Å². The van der Waals surface area contributed by atoms with Gasteiger partial charge < -0.3 is 0 Å². The van der Waals surface area contributed by atoms with Gasteiger partial charge in [-0.3, -0.25) is 0 Å². The molecular weight excluding hydrogens is 246 g/mol. The molecule has 0 unspecified atom stereocenters. The molecule has 0 saturated heterocycles. The van der Waals surface area contributed by atoms with E-state index in [1.54, 1.807) is 0 Å². The fraction of sp³-hybridized carbons (Fsp3) is 1.00. The highest BCUT2D eigenvalue weighted by Crippen LogP contribution is 2.44. The molecule has 3 nitrogen and oxygen atoms in total. The van der Waals surface area contributed by atoms with Crippen LogP contribution >= 0.6 is 11.6 Å². The Morgan fingerprint density at radius 3 is 2.12 bits per heavy atom. The first-order chi connectivity index (χ1) is 7.62. The molecule has 0 aromatic carbocycles. The molecule has 2 rings (SSSR count). The lowest BCUT2D eigenvalue weighted by molar-refractivity contribution is 0.470. The topological polar surface area (TPSA) is 46.2 Å². The second-order valence-electron chi connectivity index (χ2n) is 5.03. The second-order valence-corrected chi connectivity index (χ2v) is 7.28. The molecule has 2 aliphatic rings. The summed E-state index contributed by atoms with van der Waals surface area (Å²) < 4.78 is 26.6. The normalized spacial score (nSPS) is 21.6. The van der Waals surface area contributed by atoms with Gasteiger partial charge in [0.2, 0.25) is 10.0 Å². The first-order valence-electron chi connectivity index (χ1n) is 6.18. The van der Waals surface area contributed by atoms with E-state index in [-0.39, 0.29) is 11.8 Å². The van der Waals surface area contributed by atoms with Crippen LogP contribution in [-0.2, 0) is 10.0 Å². The highest BCUT2D eigenvalue weighted by Gasteiger charge is 2.43. The molecule has 0 aromatic rings. The molecule has 0 bridgehead atoms. The van der Waals surface area contributed by atoms with Crippen molar-refractivity contribution in [2.75, 3.05) is 11.6 Å². The molecule has 2 aliphatic carbocycles. The average molecular weight is 266 g/mol. The van der Waals surface area contributed by atoms with Gasteiger partial charge in [0.15, 0.2) is 0 Å². The monoisotopic (exact) mass is 265 g/mol. The zero-order valence-corrected chi connectivity index (χ0v) is 11.1. The minimum absolute atomic E-state index is 0.232. The summed E-state index contributed by atoms with van der Waals surface area (Å²) in [5.41, 5.74) is 0. The Bertz CT molecular complexity index is 311. The summed E-state index contributed by atoms with van der Waals surface area (Å²) in [4.78, 5) is 0. The van der Waals surface area contributed by atoms with Gasteiger partial charge in [0.25, 0.3) is 0 Å². The third-order valence-electron chi connectivity index (χ3n) is 3.37. The lowest BCUT2D eigenvalue weighted by Gasteiger charge is -2.17. The van der Waals surface area contributed by atoms with Gasteiger partial charge in [-0.05, 0) is 50.4 Å². The van der Waals surface area contributed by atoms with Crippen molar-refractivity contribution in [1.82, 2.24) is 4.72 Å². The van der Waals surface area contributed by atoms with Crippen molar-refractivity contribution in [1.29, 1.82) is 0 Å². The maximum atomic E-state index is 11.8. The number of sulfonamides is 1. The Balaban J connectivity index is 1.80. The molecule has 16 heavy (non-hydrogen) atoms. The molecule has 5 heteroatoms. The standard InChI is InChI=1S/C11H20ClNO2S/c12-7-1-2-8-16(14,15)13-11(9-3-4-9)10-5-6-10/h9-11,13H,1-8H2. The van der Waals surface area contributed by atoms with Gasteiger partial charge >= 0.3 is 0 Å². The largest absolute Gasteiger partial charge is 0.212 e. The Morgan fingerprint density at radius 1 is 1.12 bits per heavy atom. The molecule has 0 amide bonds. The van der Waals surface area contributed by atoms with E-state index < -0.39 is 10.0 Å². The molecule has 0 aromatic heterocycles. The Hall–Kier alpha value is 0.200. The molecule has 0 spiro atoms. The van der Waals surface area contributed by atoms with Gasteiger partial charge in [0.05, 0.1) is 5.75 Å². The zero-order chi connectivity index (χ0) is 11.6. The number of halogens is 1. The summed E-state index contributed by atoms with van der Waals surface area (Å²) in [5, 5.41) is 0. The van der Waals surface area contributed by atoms with Crippen LogP contribution in [-0.4, -0.2) is 26.1 Å². The van der Waals surface area contributed by atoms with E-state index in [4.69, 9.17) is 11.6 Å². The summed E-state index contributed by atoms with van der Waals surface area (Å²) in [7, 11) is -3.07. The number of nitrogens with one attached hydrogen (secondary N) is 1. The van der Waals surface area contributed by atoms with E-state index in [2.05, 4.69) is 4.72 Å². The Kier molecular flexibility index (Phi) is 4.14. The van der Waals surface area contributed by atoms with Crippen molar-refractivity contribution < 1.29 is 8.42 Å². The maximum absolute atomic E-state index is 11.8. The highest BCUT2D eigenvalue weighted by molar-refractivity contribution is 7.89. The van der Waals surface area contributed by atoms with Crippen molar-refractivity contribution in [3.63, 3.8) is 0 Å². The molecule has 0 aliphatic heterocycles. The van der Waals surface area contributed by atoms with Crippen LogP contribution in [0.15, 0.2) is 0 Å². The smallest absolute Gasteiger partial charge is 0.211 e. The van der Waals surface area contributed by atoms with E-state index in [9.17, 15) is 8.42 Å². The first kappa shape index (κ1) is 12.7. The first-order valence-corrected chi connectivity index (χ1v) is 8.37. The third-order valence-corrected chi connectivity index (χ3v) is 5.10. The molecule has 1 N–H and O–H groups in total. The minimum atomic E-state index is -3.07. The SMILES string of the molecule is O=S(=O)(CCCCCl)NC(C1CC1)C1CC1. The van der Waals surface area contributed by atoms with Crippen LogP contribution in [0.25, 0.3) is 0 Å². The van der Waals surface area contributed by atoms with Crippen LogP contribution < -0.4 is 4.72 Å². The predicted molar refractivity (Wildman–Crippen MR) is 66.1 cm³/mol. The number of hydrogen-bond acceptors (Lipinski definition) is 2. The van der Waals surface area contributed by atoms with Gasteiger partial charge in [0.1, 0.15) is 0 Å². The van der Waals surface area contributed by atoms with E-state index in [0.29, 0.717) is 24.1 Å². The molecule has 0 heterocycles. The van der Waals surface area contributed by atoms with Crippen LogP contribution in [0.2, 0.25) is 0 Å². The lowest BCUT2D eigenvalue weighted by Crippen LogP contribution is -2.39. The van der Waals surface area contributed by atoms with Gasteiger partial charge in [0, 0.05) is 11.9 Å².